The van der Waals surface area contributed by atoms with E-state index < -0.39 is 10.5 Å². The van der Waals surface area contributed by atoms with E-state index in [-0.39, 0.29) is 17.0 Å². The third kappa shape index (κ3) is 4.19. The van der Waals surface area contributed by atoms with E-state index in [1.165, 1.54) is 10.6 Å². The van der Waals surface area contributed by atoms with Gasteiger partial charge in [0, 0.05) is 24.2 Å². The van der Waals surface area contributed by atoms with Crippen molar-refractivity contribution in [3.63, 3.8) is 0 Å². The number of pyridine rings is 1. The average molecular weight is 356 g/mol. The van der Waals surface area contributed by atoms with E-state index in [0.29, 0.717) is 19.8 Å². The van der Waals surface area contributed by atoms with Crippen LogP contribution in [0.5, 0.6) is 0 Å². The van der Waals surface area contributed by atoms with Gasteiger partial charge in [0.05, 0.1) is 18.1 Å². The van der Waals surface area contributed by atoms with Crippen molar-refractivity contribution in [2.45, 2.75) is 45.8 Å². The Morgan fingerprint density at radius 2 is 1.96 bits per heavy atom. The molecule has 6 nitrogen and oxygen atoms in total. The highest BCUT2D eigenvalue weighted by molar-refractivity contribution is 5.32. The van der Waals surface area contributed by atoms with Gasteiger partial charge in [-0.05, 0) is 29.9 Å². The average Bonchev–Trinajstić information content (AvgIpc) is 3.37. The fourth-order valence-corrected chi connectivity index (χ4v) is 3.05. The summed E-state index contributed by atoms with van der Waals surface area (Å²) < 4.78 is 7.37. The molecule has 1 fully saturated rings. The number of nitrogens with zero attached hydrogens (tertiary/aromatic N) is 2. The molecular weight excluding hydrogens is 332 g/mol. The third-order valence-electron chi connectivity index (χ3n) is 4.93. The van der Waals surface area contributed by atoms with Crippen LogP contribution in [0.15, 0.2) is 47.4 Å². The molecule has 0 atom stereocenters. The van der Waals surface area contributed by atoms with E-state index in [4.69, 9.17) is 4.74 Å². The van der Waals surface area contributed by atoms with E-state index >= 15 is 0 Å². The largest absolute Gasteiger partial charge is 0.376 e. The summed E-state index contributed by atoms with van der Waals surface area (Å²) in [6, 6.07) is 11.3. The first-order valence-corrected chi connectivity index (χ1v) is 8.91. The first-order chi connectivity index (χ1) is 12.4. The van der Waals surface area contributed by atoms with Crippen molar-refractivity contribution >= 4 is 5.69 Å². The normalized spacial score (nSPS) is 15.2. The molecule has 1 aliphatic carbocycles. The number of hydrogen-bond donors (Lipinski definition) is 0. The fourth-order valence-electron chi connectivity index (χ4n) is 3.05. The molecule has 0 saturated heterocycles. The lowest BCUT2D eigenvalue weighted by atomic mass is 10.0. The summed E-state index contributed by atoms with van der Waals surface area (Å²) in [4.78, 5) is 23.1. The zero-order valence-electron chi connectivity index (χ0n) is 15.2. The van der Waals surface area contributed by atoms with Crippen LogP contribution in [-0.2, 0) is 17.9 Å². The Labute approximate surface area is 152 Å². The maximum absolute atomic E-state index is 12.5. The lowest BCUT2D eigenvalue weighted by molar-refractivity contribution is -0.386. The minimum atomic E-state index is -0.587. The molecule has 0 N–H and O–H groups in total. The Balaban J connectivity index is 1.73. The monoisotopic (exact) mass is 356 g/mol. The zero-order chi connectivity index (χ0) is 18.7. The van der Waals surface area contributed by atoms with Gasteiger partial charge >= 0.3 is 11.2 Å². The number of hydrogen-bond acceptors (Lipinski definition) is 4. The third-order valence-corrected chi connectivity index (χ3v) is 4.93. The van der Waals surface area contributed by atoms with Crippen LogP contribution in [0.3, 0.4) is 0 Å². The van der Waals surface area contributed by atoms with E-state index in [0.717, 1.165) is 24.0 Å². The van der Waals surface area contributed by atoms with Crippen LogP contribution in [0.25, 0.3) is 0 Å². The van der Waals surface area contributed by atoms with Crippen LogP contribution in [0.4, 0.5) is 5.69 Å². The molecule has 3 rings (SSSR count). The fraction of sp³-hybridized carbons (Fsp3) is 0.450. The van der Waals surface area contributed by atoms with Gasteiger partial charge in [0.1, 0.15) is 0 Å². The van der Waals surface area contributed by atoms with Crippen molar-refractivity contribution in [2.75, 3.05) is 6.61 Å². The smallest absolute Gasteiger partial charge is 0.334 e. The van der Waals surface area contributed by atoms with E-state index in [2.05, 4.69) is 0 Å². The van der Waals surface area contributed by atoms with Crippen LogP contribution in [0.2, 0.25) is 0 Å². The summed E-state index contributed by atoms with van der Waals surface area (Å²) in [6.45, 7) is 5.47. The first kappa shape index (κ1) is 18.3. The van der Waals surface area contributed by atoms with Crippen LogP contribution in [-0.4, -0.2) is 16.1 Å². The molecule has 0 aliphatic heterocycles. The predicted octanol–water partition coefficient (Wildman–Crippen LogP) is 3.88. The Bertz CT molecular complexity index is 839. The molecule has 138 valence electrons. The molecule has 0 radical (unpaired) electrons. The molecule has 0 bridgehead atoms. The van der Waals surface area contributed by atoms with Crippen molar-refractivity contribution in [1.29, 1.82) is 0 Å². The van der Waals surface area contributed by atoms with Crippen LogP contribution >= 0.6 is 0 Å². The van der Waals surface area contributed by atoms with Crippen LogP contribution in [0.1, 0.15) is 43.7 Å². The number of ether oxygens (including phenoxy) is 1. The van der Waals surface area contributed by atoms with E-state index in [1.54, 1.807) is 6.20 Å². The Morgan fingerprint density at radius 3 is 2.54 bits per heavy atom. The molecule has 1 aromatic carbocycles. The van der Waals surface area contributed by atoms with Crippen molar-refractivity contribution in [3.05, 3.63) is 74.2 Å². The molecule has 1 aliphatic rings. The molecular formula is C20H24N2O4. The lowest BCUT2D eigenvalue weighted by Crippen LogP contribution is -2.29. The van der Waals surface area contributed by atoms with Crippen molar-refractivity contribution < 1.29 is 9.66 Å². The molecule has 26 heavy (non-hydrogen) atoms. The minimum Gasteiger partial charge on any atom is -0.376 e. The topological polar surface area (TPSA) is 74.4 Å². The second-order valence-corrected chi connectivity index (χ2v) is 7.48. The highest BCUT2D eigenvalue weighted by atomic mass is 16.6. The van der Waals surface area contributed by atoms with Crippen LogP contribution in [0, 0.1) is 15.5 Å². The molecule has 1 saturated carbocycles. The Kier molecular flexibility index (Phi) is 5.23. The number of nitro groups is 1. The van der Waals surface area contributed by atoms with Gasteiger partial charge in [0.25, 0.3) is 0 Å². The van der Waals surface area contributed by atoms with Gasteiger partial charge in [-0.15, -0.1) is 0 Å². The number of benzene rings is 1. The SMILES string of the molecule is CC(C)c1cc([N+](=O)[O-])c(=O)n(CC2(COCc3ccccc3)CC2)c1. The molecule has 0 unspecified atom stereocenters. The second-order valence-electron chi connectivity index (χ2n) is 7.48. The first-order valence-electron chi connectivity index (χ1n) is 8.91. The summed E-state index contributed by atoms with van der Waals surface area (Å²) in [6.07, 6.45) is 3.69. The minimum absolute atomic E-state index is 0.0952. The zero-order valence-corrected chi connectivity index (χ0v) is 15.2. The summed E-state index contributed by atoms with van der Waals surface area (Å²) in [7, 11) is 0. The molecule has 1 aromatic heterocycles. The summed E-state index contributed by atoms with van der Waals surface area (Å²) >= 11 is 0. The summed E-state index contributed by atoms with van der Waals surface area (Å²) in [5.74, 6) is 0.116. The summed E-state index contributed by atoms with van der Waals surface area (Å²) in [5, 5.41) is 11.2. The standard InChI is InChI=1S/C20H24N2O4/c1-15(2)17-10-18(22(24)25)19(23)21(11-17)13-20(8-9-20)14-26-12-16-6-4-3-5-7-16/h3-7,10-11,15H,8-9,12-14H2,1-2H3. The highest BCUT2D eigenvalue weighted by Gasteiger charge is 2.43. The predicted molar refractivity (Wildman–Crippen MR) is 99.2 cm³/mol. The van der Waals surface area contributed by atoms with E-state index in [9.17, 15) is 14.9 Å². The van der Waals surface area contributed by atoms with Crippen molar-refractivity contribution in [2.24, 2.45) is 5.41 Å². The summed E-state index contributed by atoms with van der Waals surface area (Å²) in [5.41, 5.74) is 0.934. The van der Waals surface area contributed by atoms with Gasteiger partial charge in [-0.3, -0.25) is 14.9 Å². The number of aromatic nitrogens is 1. The van der Waals surface area contributed by atoms with Crippen molar-refractivity contribution in [1.82, 2.24) is 4.57 Å². The van der Waals surface area contributed by atoms with Crippen molar-refractivity contribution in [3.8, 4) is 0 Å². The van der Waals surface area contributed by atoms with Gasteiger partial charge in [0.2, 0.25) is 0 Å². The van der Waals surface area contributed by atoms with Gasteiger partial charge in [-0.25, -0.2) is 0 Å². The highest BCUT2D eigenvalue weighted by Crippen LogP contribution is 2.47. The van der Waals surface area contributed by atoms with Gasteiger partial charge in [-0.2, -0.15) is 0 Å². The molecule has 0 amide bonds. The van der Waals surface area contributed by atoms with Gasteiger partial charge in [0.15, 0.2) is 0 Å². The van der Waals surface area contributed by atoms with E-state index in [1.807, 2.05) is 44.2 Å². The maximum Gasteiger partial charge on any atom is 0.334 e. The lowest BCUT2D eigenvalue weighted by Gasteiger charge is -2.18. The number of rotatable bonds is 8. The van der Waals surface area contributed by atoms with Crippen LogP contribution < -0.4 is 5.56 Å². The quantitative estimate of drug-likeness (QED) is 0.531. The molecule has 2 aromatic rings. The Morgan fingerprint density at radius 1 is 1.27 bits per heavy atom. The second kappa shape index (κ2) is 7.41. The maximum atomic E-state index is 12.5. The molecule has 0 spiro atoms. The van der Waals surface area contributed by atoms with Gasteiger partial charge in [-0.1, -0.05) is 44.2 Å². The van der Waals surface area contributed by atoms with Gasteiger partial charge < -0.3 is 9.30 Å². The Hall–Kier alpha value is -2.47. The molecule has 1 heterocycles. The molecule has 6 heteroatoms.